The lowest BCUT2D eigenvalue weighted by Gasteiger charge is -2.20. The molecule has 0 amide bonds. The summed E-state index contributed by atoms with van der Waals surface area (Å²) in [6.45, 7) is 3.40. The summed E-state index contributed by atoms with van der Waals surface area (Å²) in [4.78, 5) is 4.04. The van der Waals surface area contributed by atoms with E-state index in [9.17, 15) is 12.8 Å². The highest BCUT2D eigenvalue weighted by molar-refractivity contribution is 7.89. The van der Waals surface area contributed by atoms with Crippen LogP contribution in [0.25, 0.3) is 0 Å². The highest BCUT2D eigenvalue weighted by Gasteiger charge is 2.40. The van der Waals surface area contributed by atoms with E-state index in [4.69, 9.17) is 0 Å². The third kappa shape index (κ3) is 4.71. The molecule has 0 aliphatic carbocycles. The summed E-state index contributed by atoms with van der Waals surface area (Å²) in [7, 11) is -1.96. The Hall–Kier alpha value is -2.55. The molecule has 2 aromatic carbocycles. The van der Waals surface area contributed by atoms with Crippen LogP contribution < -0.4 is 5.32 Å². The molecule has 0 saturated carbocycles. The number of hydrogen-bond acceptors (Lipinski definition) is 4. The van der Waals surface area contributed by atoms with Gasteiger partial charge in [0.2, 0.25) is 0 Å². The van der Waals surface area contributed by atoms with Crippen molar-refractivity contribution >= 4 is 10.0 Å². The van der Waals surface area contributed by atoms with E-state index < -0.39 is 10.0 Å². The van der Waals surface area contributed by atoms with Gasteiger partial charge in [-0.2, -0.15) is 4.31 Å². The summed E-state index contributed by atoms with van der Waals surface area (Å²) in [5.74, 6) is -0.394. The molecule has 0 unspecified atom stereocenters. The fourth-order valence-electron chi connectivity index (χ4n) is 4.08. The van der Waals surface area contributed by atoms with Gasteiger partial charge in [-0.15, -0.1) is 0 Å². The first-order chi connectivity index (χ1) is 14.9. The molecule has 0 bridgehead atoms. The van der Waals surface area contributed by atoms with Crippen LogP contribution in [0.4, 0.5) is 4.39 Å². The Morgan fingerprint density at radius 3 is 2.55 bits per heavy atom. The molecule has 6 nitrogen and oxygen atoms in total. The van der Waals surface area contributed by atoms with Crippen molar-refractivity contribution in [3.05, 3.63) is 83.6 Å². The minimum absolute atomic E-state index is 0.0455. The summed E-state index contributed by atoms with van der Waals surface area (Å²) in [6.07, 6.45) is 3.96. The summed E-state index contributed by atoms with van der Waals surface area (Å²) in [6, 6.07) is 14.6. The second-order valence-electron chi connectivity index (χ2n) is 8.02. The normalized spacial score (nSPS) is 19.7. The topological polar surface area (TPSA) is 67.2 Å². The van der Waals surface area contributed by atoms with E-state index >= 15 is 0 Å². The number of halogens is 1. The second-order valence-corrected chi connectivity index (χ2v) is 9.90. The van der Waals surface area contributed by atoms with E-state index in [1.54, 1.807) is 23.7 Å². The molecule has 3 aromatic rings. The fraction of sp³-hybridized carbons (Fsp3) is 0.348. The maximum atomic E-state index is 13.5. The maximum absolute atomic E-state index is 13.5. The molecule has 4 rings (SSSR count). The third-order valence-corrected chi connectivity index (χ3v) is 7.56. The zero-order valence-electron chi connectivity index (χ0n) is 17.7. The zero-order valence-corrected chi connectivity index (χ0v) is 18.5. The maximum Gasteiger partial charge on any atom is 0.262 e. The molecule has 0 spiro atoms. The van der Waals surface area contributed by atoms with Crippen molar-refractivity contribution < 1.29 is 12.8 Å². The number of aryl methyl sites for hydroxylation is 2. The SMILES string of the molecule is CCc1cccc(CN[C@@H]2CN(S(=O)(=O)c3cn(C)cn3)C[C@H]2c2ccc(F)cc2)c1. The Morgan fingerprint density at radius 2 is 1.87 bits per heavy atom. The molecule has 1 N–H and O–H groups in total. The van der Waals surface area contributed by atoms with Crippen LogP contribution in [0.5, 0.6) is 0 Å². The van der Waals surface area contributed by atoms with Crippen LogP contribution in [-0.2, 0) is 30.0 Å². The molecule has 8 heteroatoms. The smallest absolute Gasteiger partial charge is 0.262 e. The molecule has 2 heterocycles. The number of imidazole rings is 1. The molecule has 2 atom stereocenters. The molecule has 0 radical (unpaired) electrons. The predicted octanol–water partition coefficient (Wildman–Crippen LogP) is 3.07. The van der Waals surface area contributed by atoms with Crippen molar-refractivity contribution in [2.45, 2.75) is 36.9 Å². The van der Waals surface area contributed by atoms with Crippen molar-refractivity contribution in [1.29, 1.82) is 0 Å². The van der Waals surface area contributed by atoms with E-state index in [2.05, 4.69) is 35.4 Å². The highest BCUT2D eigenvalue weighted by Crippen LogP contribution is 2.31. The molecule has 1 aliphatic heterocycles. The van der Waals surface area contributed by atoms with Crippen molar-refractivity contribution in [3.8, 4) is 0 Å². The first kappa shape index (κ1) is 21.7. The quantitative estimate of drug-likeness (QED) is 0.611. The Labute approximate surface area is 182 Å². The molecular weight excluding hydrogens is 415 g/mol. The van der Waals surface area contributed by atoms with Crippen LogP contribution in [0.1, 0.15) is 29.5 Å². The Kier molecular flexibility index (Phi) is 6.22. The van der Waals surface area contributed by atoms with E-state index in [1.165, 1.54) is 34.5 Å². The first-order valence-corrected chi connectivity index (χ1v) is 11.9. The van der Waals surface area contributed by atoms with Gasteiger partial charge in [0.25, 0.3) is 10.0 Å². The van der Waals surface area contributed by atoms with Gasteiger partial charge in [-0.25, -0.2) is 17.8 Å². The molecule has 1 fully saturated rings. The Balaban J connectivity index is 1.58. The predicted molar refractivity (Wildman–Crippen MR) is 118 cm³/mol. The van der Waals surface area contributed by atoms with Gasteiger partial charge in [0.15, 0.2) is 5.03 Å². The number of benzene rings is 2. The van der Waals surface area contributed by atoms with Crippen LogP contribution in [0.3, 0.4) is 0 Å². The van der Waals surface area contributed by atoms with Crippen LogP contribution in [0, 0.1) is 5.82 Å². The van der Waals surface area contributed by atoms with E-state index in [0.717, 1.165) is 17.5 Å². The lowest BCUT2D eigenvalue weighted by atomic mass is 9.94. The van der Waals surface area contributed by atoms with Crippen molar-refractivity contribution in [3.63, 3.8) is 0 Å². The molecule has 1 aromatic heterocycles. The number of hydrogen-bond donors (Lipinski definition) is 1. The summed E-state index contributed by atoms with van der Waals surface area (Å²) in [5, 5.41) is 3.59. The van der Waals surface area contributed by atoms with E-state index in [-0.39, 0.29) is 22.8 Å². The van der Waals surface area contributed by atoms with Crippen LogP contribution >= 0.6 is 0 Å². The van der Waals surface area contributed by atoms with Gasteiger partial charge in [0.05, 0.1) is 6.33 Å². The molecule has 1 aliphatic rings. The number of nitrogens with one attached hydrogen (secondary N) is 1. The molecular formula is C23H27FN4O2S. The van der Waals surface area contributed by atoms with Crippen LogP contribution in [-0.4, -0.2) is 41.4 Å². The zero-order chi connectivity index (χ0) is 22.0. The van der Waals surface area contributed by atoms with Crippen molar-refractivity contribution in [1.82, 2.24) is 19.2 Å². The van der Waals surface area contributed by atoms with E-state index in [0.29, 0.717) is 19.6 Å². The van der Waals surface area contributed by atoms with Gasteiger partial charge in [-0.05, 0) is 35.2 Å². The van der Waals surface area contributed by atoms with Gasteiger partial charge in [-0.3, -0.25) is 0 Å². The minimum Gasteiger partial charge on any atom is -0.339 e. The number of sulfonamides is 1. The van der Waals surface area contributed by atoms with Gasteiger partial charge in [0.1, 0.15) is 5.82 Å². The van der Waals surface area contributed by atoms with E-state index in [1.807, 2.05) is 6.07 Å². The first-order valence-electron chi connectivity index (χ1n) is 10.4. The van der Waals surface area contributed by atoms with Crippen molar-refractivity contribution in [2.75, 3.05) is 13.1 Å². The van der Waals surface area contributed by atoms with Gasteiger partial charge in [0, 0.05) is 44.8 Å². The lowest BCUT2D eigenvalue weighted by Crippen LogP contribution is -2.36. The van der Waals surface area contributed by atoms with Gasteiger partial charge >= 0.3 is 0 Å². The summed E-state index contributed by atoms with van der Waals surface area (Å²) in [5.41, 5.74) is 3.34. The highest BCUT2D eigenvalue weighted by atomic mass is 32.2. The van der Waals surface area contributed by atoms with Crippen molar-refractivity contribution in [2.24, 2.45) is 7.05 Å². The van der Waals surface area contributed by atoms with Gasteiger partial charge in [-0.1, -0.05) is 43.3 Å². The fourth-order valence-corrected chi connectivity index (χ4v) is 5.54. The second kappa shape index (κ2) is 8.90. The average molecular weight is 443 g/mol. The average Bonchev–Trinajstić information content (AvgIpc) is 3.40. The molecule has 31 heavy (non-hydrogen) atoms. The standard InChI is InChI=1S/C23H27FN4O2S/c1-3-17-5-4-6-18(11-17)12-25-22-14-28(31(29,30)23-15-27(2)16-26-23)13-21(22)19-7-9-20(24)10-8-19/h4-11,15-16,21-22,25H,3,12-14H2,1-2H3/t21-,22+/m0/s1. The number of nitrogens with zero attached hydrogens (tertiary/aromatic N) is 3. The third-order valence-electron chi connectivity index (χ3n) is 5.84. The molecule has 1 saturated heterocycles. The molecule has 164 valence electrons. The number of aromatic nitrogens is 2. The number of rotatable bonds is 7. The lowest BCUT2D eigenvalue weighted by molar-refractivity contribution is 0.454. The largest absolute Gasteiger partial charge is 0.339 e. The van der Waals surface area contributed by atoms with Crippen LogP contribution in [0.15, 0.2) is 66.1 Å². The summed E-state index contributed by atoms with van der Waals surface area (Å²) < 4.78 is 42.9. The Bertz CT molecular complexity index is 1140. The van der Waals surface area contributed by atoms with Gasteiger partial charge < -0.3 is 9.88 Å². The minimum atomic E-state index is -3.71. The Morgan fingerprint density at radius 1 is 1.13 bits per heavy atom. The monoisotopic (exact) mass is 442 g/mol. The summed E-state index contributed by atoms with van der Waals surface area (Å²) >= 11 is 0. The van der Waals surface area contributed by atoms with Crippen LogP contribution in [0.2, 0.25) is 0 Å².